The lowest BCUT2D eigenvalue weighted by atomic mass is 9.64. The maximum Gasteiger partial charge on any atom is 0.123 e. The Morgan fingerprint density at radius 1 is 1.00 bits per heavy atom. The molecule has 1 atom stereocenters. The van der Waals surface area contributed by atoms with Gasteiger partial charge in [-0.15, -0.1) is 0 Å². The summed E-state index contributed by atoms with van der Waals surface area (Å²) in [6.45, 7) is 6.06. The van der Waals surface area contributed by atoms with Gasteiger partial charge < -0.3 is 5.11 Å². The number of hydrogen-bond donors (Lipinski definition) is 1. The maximum atomic E-state index is 13.4. The molecule has 2 aliphatic rings. The number of aromatic nitrogens is 1. The van der Waals surface area contributed by atoms with Crippen molar-refractivity contribution >= 4 is 0 Å². The van der Waals surface area contributed by atoms with Crippen molar-refractivity contribution in [3.8, 4) is 0 Å². The first-order valence-corrected chi connectivity index (χ1v) is 10.4. The SMILES string of the molecule is OC[C@@H]1CN(Cc2cccnc2)CCC12CCN(Cc1cccc(F)c1)CC2. The Kier molecular flexibility index (Phi) is 6.04. The summed E-state index contributed by atoms with van der Waals surface area (Å²) in [7, 11) is 0. The molecular formula is C23H30FN3O. The molecule has 1 N–H and O–H groups in total. The number of nitrogens with zero attached hydrogens (tertiary/aromatic N) is 3. The Morgan fingerprint density at radius 2 is 1.71 bits per heavy atom. The molecule has 4 nitrogen and oxygen atoms in total. The Balaban J connectivity index is 1.34. The van der Waals surface area contributed by atoms with Gasteiger partial charge in [0.25, 0.3) is 0 Å². The summed E-state index contributed by atoms with van der Waals surface area (Å²) in [6, 6.07) is 11.0. The number of rotatable bonds is 5. The van der Waals surface area contributed by atoms with E-state index in [9.17, 15) is 9.50 Å². The highest BCUT2D eigenvalue weighted by molar-refractivity contribution is 5.16. The van der Waals surface area contributed by atoms with Crippen LogP contribution in [0.3, 0.4) is 0 Å². The third-order valence-corrected chi connectivity index (χ3v) is 6.77. The Morgan fingerprint density at radius 3 is 2.39 bits per heavy atom. The van der Waals surface area contributed by atoms with Gasteiger partial charge in [0.2, 0.25) is 0 Å². The molecule has 0 amide bonds. The van der Waals surface area contributed by atoms with Gasteiger partial charge >= 0.3 is 0 Å². The molecule has 1 spiro atoms. The average Bonchev–Trinajstić information content (AvgIpc) is 2.72. The topological polar surface area (TPSA) is 39.6 Å². The number of pyridine rings is 1. The van der Waals surface area contributed by atoms with Crippen LogP contribution in [0.25, 0.3) is 0 Å². The number of benzene rings is 1. The van der Waals surface area contributed by atoms with E-state index in [1.165, 1.54) is 11.6 Å². The lowest BCUT2D eigenvalue weighted by Gasteiger charge is -2.51. The summed E-state index contributed by atoms with van der Waals surface area (Å²) in [5.74, 6) is 0.168. The molecule has 5 heteroatoms. The number of aliphatic hydroxyl groups excluding tert-OH is 1. The molecule has 2 aromatic rings. The molecule has 2 saturated heterocycles. The van der Waals surface area contributed by atoms with Gasteiger partial charge in [0.05, 0.1) is 0 Å². The van der Waals surface area contributed by atoms with E-state index in [1.807, 2.05) is 24.5 Å². The smallest absolute Gasteiger partial charge is 0.123 e. The van der Waals surface area contributed by atoms with Crippen molar-refractivity contribution in [1.29, 1.82) is 0 Å². The minimum Gasteiger partial charge on any atom is -0.396 e. The lowest BCUT2D eigenvalue weighted by Crippen LogP contribution is -2.53. The van der Waals surface area contributed by atoms with Crippen LogP contribution in [-0.4, -0.2) is 52.7 Å². The van der Waals surface area contributed by atoms with Crippen molar-refractivity contribution in [2.24, 2.45) is 11.3 Å². The quantitative estimate of drug-likeness (QED) is 0.860. The molecule has 2 fully saturated rings. The first-order chi connectivity index (χ1) is 13.7. The van der Waals surface area contributed by atoms with Crippen LogP contribution < -0.4 is 0 Å². The van der Waals surface area contributed by atoms with Crippen LogP contribution in [0.2, 0.25) is 0 Å². The number of aliphatic hydroxyl groups is 1. The van der Waals surface area contributed by atoms with Crippen molar-refractivity contribution in [3.05, 3.63) is 65.7 Å². The molecule has 0 saturated carbocycles. The third kappa shape index (κ3) is 4.43. The minimum atomic E-state index is -0.160. The fraction of sp³-hybridized carbons (Fsp3) is 0.522. The van der Waals surface area contributed by atoms with Gasteiger partial charge in [0.1, 0.15) is 5.82 Å². The fourth-order valence-electron chi connectivity index (χ4n) is 5.03. The first-order valence-electron chi connectivity index (χ1n) is 10.4. The first kappa shape index (κ1) is 19.5. The van der Waals surface area contributed by atoms with E-state index < -0.39 is 0 Å². The summed E-state index contributed by atoms with van der Waals surface area (Å²) in [5, 5.41) is 10.1. The molecule has 0 radical (unpaired) electrons. The molecule has 28 heavy (non-hydrogen) atoms. The van der Waals surface area contributed by atoms with E-state index in [1.54, 1.807) is 12.1 Å². The van der Waals surface area contributed by atoms with E-state index in [-0.39, 0.29) is 17.8 Å². The second-order valence-corrected chi connectivity index (χ2v) is 8.49. The molecule has 4 rings (SSSR count). The zero-order valence-electron chi connectivity index (χ0n) is 16.4. The predicted molar refractivity (Wildman–Crippen MR) is 108 cm³/mol. The van der Waals surface area contributed by atoms with E-state index in [0.717, 1.165) is 64.1 Å². The molecule has 0 aliphatic carbocycles. The molecule has 0 unspecified atom stereocenters. The zero-order valence-corrected chi connectivity index (χ0v) is 16.4. The third-order valence-electron chi connectivity index (χ3n) is 6.77. The highest BCUT2D eigenvalue weighted by Crippen LogP contribution is 2.45. The van der Waals surface area contributed by atoms with Gasteiger partial charge in [-0.2, -0.15) is 0 Å². The van der Waals surface area contributed by atoms with Crippen LogP contribution in [0.4, 0.5) is 4.39 Å². The van der Waals surface area contributed by atoms with E-state index in [0.29, 0.717) is 5.92 Å². The van der Waals surface area contributed by atoms with Crippen molar-refractivity contribution in [2.75, 3.05) is 32.8 Å². The van der Waals surface area contributed by atoms with Gasteiger partial charge in [0.15, 0.2) is 0 Å². The largest absolute Gasteiger partial charge is 0.396 e. The summed E-state index contributed by atoms with van der Waals surface area (Å²) in [4.78, 5) is 9.10. The Bertz CT molecular complexity index is 761. The molecule has 2 aliphatic heterocycles. The van der Waals surface area contributed by atoms with E-state index in [4.69, 9.17) is 0 Å². The summed E-state index contributed by atoms with van der Waals surface area (Å²) < 4.78 is 13.4. The molecule has 150 valence electrons. The van der Waals surface area contributed by atoms with Crippen LogP contribution in [0, 0.1) is 17.2 Å². The van der Waals surface area contributed by atoms with Crippen LogP contribution >= 0.6 is 0 Å². The average molecular weight is 384 g/mol. The standard InChI is InChI=1S/C23H30FN3O/c24-22-5-1-3-19(13-22)15-26-10-6-23(7-11-26)8-12-27(17-21(23)18-28)16-20-4-2-9-25-14-20/h1-5,9,13-14,21,28H,6-8,10-12,15-18H2/t21-/m0/s1. The number of piperidine rings is 2. The minimum absolute atomic E-state index is 0.160. The second-order valence-electron chi connectivity index (χ2n) is 8.49. The van der Waals surface area contributed by atoms with Crippen LogP contribution in [-0.2, 0) is 13.1 Å². The maximum absolute atomic E-state index is 13.4. The highest BCUT2D eigenvalue weighted by atomic mass is 19.1. The molecular weight excluding hydrogens is 353 g/mol. The summed E-state index contributed by atoms with van der Waals surface area (Å²) in [5.41, 5.74) is 2.53. The lowest BCUT2D eigenvalue weighted by molar-refractivity contribution is -0.0450. The predicted octanol–water partition coefficient (Wildman–Crippen LogP) is 3.32. The van der Waals surface area contributed by atoms with Crippen LogP contribution in [0.15, 0.2) is 48.8 Å². The Labute approximate surface area is 167 Å². The summed E-state index contributed by atoms with van der Waals surface area (Å²) in [6.07, 6.45) is 7.13. The monoisotopic (exact) mass is 383 g/mol. The number of likely N-dealkylation sites (tertiary alicyclic amines) is 2. The molecule has 0 bridgehead atoms. The number of hydrogen-bond acceptors (Lipinski definition) is 4. The zero-order chi connectivity index (χ0) is 19.4. The summed E-state index contributed by atoms with van der Waals surface area (Å²) >= 11 is 0. The van der Waals surface area contributed by atoms with Gasteiger partial charge in [-0.25, -0.2) is 4.39 Å². The van der Waals surface area contributed by atoms with Crippen molar-refractivity contribution in [1.82, 2.24) is 14.8 Å². The van der Waals surface area contributed by atoms with Crippen molar-refractivity contribution < 1.29 is 9.50 Å². The van der Waals surface area contributed by atoms with Crippen molar-refractivity contribution in [3.63, 3.8) is 0 Å². The van der Waals surface area contributed by atoms with Crippen LogP contribution in [0.5, 0.6) is 0 Å². The highest BCUT2D eigenvalue weighted by Gasteiger charge is 2.44. The molecule has 1 aromatic heterocycles. The molecule has 1 aromatic carbocycles. The van der Waals surface area contributed by atoms with Gasteiger partial charge in [-0.05, 0) is 73.6 Å². The normalized spacial score (nSPS) is 23.1. The Hall–Kier alpha value is -1.82. The van der Waals surface area contributed by atoms with Gasteiger partial charge in [0, 0.05) is 44.6 Å². The number of halogens is 1. The van der Waals surface area contributed by atoms with Crippen molar-refractivity contribution in [2.45, 2.75) is 32.4 Å². The van der Waals surface area contributed by atoms with Gasteiger partial charge in [-0.3, -0.25) is 14.8 Å². The van der Waals surface area contributed by atoms with E-state index in [2.05, 4.69) is 20.9 Å². The van der Waals surface area contributed by atoms with Gasteiger partial charge in [-0.1, -0.05) is 18.2 Å². The van der Waals surface area contributed by atoms with Crippen LogP contribution in [0.1, 0.15) is 30.4 Å². The fourth-order valence-corrected chi connectivity index (χ4v) is 5.03. The van der Waals surface area contributed by atoms with E-state index >= 15 is 0 Å². The second kappa shape index (κ2) is 8.68. The molecule has 3 heterocycles.